The molecule has 0 aromatic carbocycles. The molecule has 4 heteroatoms. The van der Waals surface area contributed by atoms with Crippen LogP contribution in [0.15, 0.2) is 0 Å². The Hall–Kier alpha value is -1.19. The lowest BCUT2D eigenvalue weighted by Gasteiger charge is -2.09. The maximum absolute atomic E-state index is 6.01. The van der Waals surface area contributed by atoms with E-state index in [2.05, 4.69) is 18.9 Å². The van der Waals surface area contributed by atoms with Gasteiger partial charge in [-0.05, 0) is 19.8 Å². The molecule has 1 heterocycles. The van der Waals surface area contributed by atoms with Crippen molar-refractivity contribution in [2.75, 3.05) is 12.3 Å². The average Bonchev–Trinajstić information content (AvgIpc) is 2.65. The Morgan fingerprint density at radius 2 is 1.74 bits per heavy atom. The highest BCUT2D eigenvalue weighted by molar-refractivity contribution is 5.52. The van der Waals surface area contributed by atoms with E-state index in [1.807, 2.05) is 11.6 Å². The second kappa shape index (κ2) is 8.83. The second-order valence-corrected chi connectivity index (χ2v) is 5.14. The summed E-state index contributed by atoms with van der Waals surface area (Å²) in [5, 5.41) is 4.41. The summed E-state index contributed by atoms with van der Waals surface area (Å²) in [5.74, 6) is 0.757. The van der Waals surface area contributed by atoms with Crippen LogP contribution in [-0.2, 0) is 6.54 Å². The van der Waals surface area contributed by atoms with E-state index in [0.717, 1.165) is 37.6 Å². The quantitative estimate of drug-likeness (QED) is 0.654. The molecule has 1 aromatic heterocycles. The molecular formula is C15H29N3O. The molecule has 0 amide bonds. The van der Waals surface area contributed by atoms with Gasteiger partial charge in [-0.2, -0.15) is 5.10 Å². The molecule has 0 radical (unpaired) electrons. The summed E-state index contributed by atoms with van der Waals surface area (Å²) in [6.45, 7) is 7.90. The van der Waals surface area contributed by atoms with E-state index in [1.165, 1.54) is 32.1 Å². The van der Waals surface area contributed by atoms with E-state index in [4.69, 9.17) is 10.5 Å². The normalized spacial score (nSPS) is 10.9. The van der Waals surface area contributed by atoms with Gasteiger partial charge in [0.15, 0.2) is 0 Å². The first-order valence-electron chi connectivity index (χ1n) is 7.66. The third-order valence-corrected chi connectivity index (χ3v) is 3.30. The highest BCUT2D eigenvalue weighted by Gasteiger charge is 2.12. The van der Waals surface area contributed by atoms with E-state index >= 15 is 0 Å². The number of ether oxygens (including phenoxy) is 1. The van der Waals surface area contributed by atoms with Crippen molar-refractivity contribution < 1.29 is 4.74 Å². The van der Waals surface area contributed by atoms with Crippen LogP contribution in [0, 0.1) is 6.92 Å². The van der Waals surface area contributed by atoms with Crippen molar-refractivity contribution >= 4 is 5.69 Å². The molecule has 19 heavy (non-hydrogen) atoms. The van der Waals surface area contributed by atoms with Crippen molar-refractivity contribution in [3.05, 3.63) is 5.69 Å². The van der Waals surface area contributed by atoms with Gasteiger partial charge in [0.1, 0.15) is 5.69 Å². The van der Waals surface area contributed by atoms with Crippen molar-refractivity contribution in [1.82, 2.24) is 9.78 Å². The van der Waals surface area contributed by atoms with E-state index in [1.54, 1.807) is 0 Å². The van der Waals surface area contributed by atoms with E-state index in [0.29, 0.717) is 5.69 Å². The largest absolute Gasteiger partial charge is 0.476 e. The van der Waals surface area contributed by atoms with E-state index in [-0.39, 0.29) is 0 Å². The van der Waals surface area contributed by atoms with Gasteiger partial charge in [0, 0.05) is 6.54 Å². The third kappa shape index (κ3) is 5.13. The molecule has 0 fully saturated rings. The molecule has 0 saturated heterocycles. The van der Waals surface area contributed by atoms with Crippen LogP contribution in [0.3, 0.4) is 0 Å². The minimum absolute atomic E-state index is 0.694. The van der Waals surface area contributed by atoms with E-state index < -0.39 is 0 Å². The highest BCUT2D eigenvalue weighted by Crippen LogP contribution is 2.25. The van der Waals surface area contributed by atoms with Crippen molar-refractivity contribution in [3.63, 3.8) is 0 Å². The number of rotatable bonds is 10. The number of unbranched alkanes of at least 4 members (excludes halogenated alkanes) is 5. The first kappa shape index (κ1) is 15.9. The van der Waals surface area contributed by atoms with Crippen LogP contribution in [0.4, 0.5) is 5.69 Å². The number of nitrogens with zero attached hydrogens (tertiary/aromatic N) is 2. The van der Waals surface area contributed by atoms with Gasteiger partial charge in [0.05, 0.1) is 12.3 Å². The average molecular weight is 267 g/mol. The topological polar surface area (TPSA) is 53.1 Å². The number of nitrogens with two attached hydrogens (primary N) is 1. The van der Waals surface area contributed by atoms with Gasteiger partial charge in [-0.1, -0.05) is 46.0 Å². The fourth-order valence-electron chi connectivity index (χ4n) is 2.14. The summed E-state index contributed by atoms with van der Waals surface area (Å²) < 4.78 is 7.71. The van der Waals surface area contributed by atoms with Crippen LogP contribution in [0.25, 0.3) is 0 Å². The van der Waals surface area contributed by atoms with Crippen LogP contribution >= 0.6 is 0 Å². The summed E-state index contributed by atoms with van der Waals surface area (Å²) in [7, 11) is 0. The zero-order chi connectivity index (χ0) is 14.1. The summed E-state index contributed by atoms with van der Waals surface area (Å²) in [4.78, 5) is 0. The Bertz CT molecular complexity index is 361. The van der Waals surface area contributed by atoms with Crippen LogP contribution in [0.2, 0.25) is 0 Å². The Kier molecular flexibility index (Phi) is 7.38. The Labute approximate surface area is 117 Å². The molecule has 110 valence electrons. The van der Waals surface area contributed by atoms with Crippen molar-refractivity contribution in [2.24, 2.45) is 0 Å². The maximum atomic E-state index is 6.01. The summed E-state index contributed by atoms with van der Waals surface area (Å²) in [5.41, 5.74) is 7.57. The number of hydrogen-bond acceptors (Lipinski definition) is 3. The van der Waals surface area contributed by atoms with Gasteiger partial charge in [0.25, 0.3) is 0 Å². The molecule has 0 saturated carbocycles. The summed E-state index contributed by atoms with van der Waals surface area (Å²) >= 11 is 0. The molecule has 0 bridgehead atoms. The number of hydrogen-bond donors (Lipinski definition) is 1. The fraction of sp³-hybridized carbons (Fsp3) is 0.800. The predicted octanol–water partition coefficient (Wildman–Crippen LogP) is 3.92. The molecule has 0 aliphatic rings. The SMILES string of the molecule is CCCCCCCCOc1c(N)c(C)nn1CCC. The lowest BCUT2D eigenvalue weighted by molar-refractivity contribution is 0.274. The number of aryl methyl sites for hydroxylation is 2. The second-order valence-electron chi connectivity index (χ2n) is 5.14. The van der Waals surface area contributed by atoms with Crippen molar-refractivity contribution in [1.29, 1.82) is 0 Å². The molecule has 1 aromatic rings. The van der Waals surface area contributed by atoms with E-state index in [9.17, 15) is 0 Å². The first-order valence-corrected chi connectivity index (χ1v) is 7.66. The summed E-state index contributed by atoms with van der Waals surface area (Å²) in [6.07, 6.45) is 8.65. The third-order valence-electron chi connectivity index (χ3n) is 3.30. The number of nitrogen functional groups attached to an aromatic ring is 1. The van der Waals surface area contributed by atoms with Gasteiger partial charge < -0.3 is 10.5 Å². The minimum atomic E-state index is 0.694. The Morgan fingerprint density at radius 3 is 2.42 bits per heavy atom. The van der Waals surface area contributed by atoms with Crippen molar-refractivity contribution in [2.45, 2.75) is 72.3 Å². The molecule has 1 rings (SSSR count). The first-order chi connectivity index (χ1) is 9.20. The van der Waals surface area contributed by atoms with Crippen LogP contribution in [0.1, 0.15) is 64.5 Å². The fourth-order valence-corrected chi connectivity index (χ4v) is 2.14. The number of anilines is 1. The van der Waals surface area contributed by atoms with Crippen molar-refractivity contribution in [3.8, 4) is 5.88 Å². The molecule has 4 nitrogen and oxygen atoms in total. The molecule has 0 spiro atoms. The Morgan fingerprint density at radius 1 is 1.05 bits per heavy atom. The zero-order valence-electron chi connectivity index (χ0n) is 12.7. The van der Waals surface area contributed by atoms with Crippen LogP contribution in [-0.4, -0.2) is 16.4 Å². The standard InChI is InChI=1S/C15H29N3O/c1-4-6-7-8-9-10-12-19-15-14(16)13(3)17-18(15)11-5-2/h4-12,16H2,1-3H3. The molecule has 0 atom stereocenters. The number of aromatic nitrogens is 2. The predicted molar refractivity (Wildman–Crippen MR) is 80.5 cm³/mol. The maximum Gasteiger partial charge on any atom is 0.236 e. The molecule has 0 unspecified atom stereocenters. The van der Waals surface area contributed by atoms with Gasteiger partial charge in [0.2, 0.25) is 5.88 Å². The minimum Gasteiger partial charge on any atom is -0.476 e. The lowest BCUT2D eigenvalue weighted by atomic mass is 10.1. The monoisotopic (exact) mass is 267 g/mol. The van der Waals surface area contributed by atoms with Gasteiger partial charge in [-0.15, -0.1) is 0 Å². The molecule has 2 N–H and O–H groups in total. The van der Waals surface area contributed by atoms with Crippen LogP contribution < -0.4 is 10.5 Å². The molecule has 0 aliphatic heterocycles. The zero-order valence-corrected chi connectivity index (χ0v) is 12.7. The van der Waals surface area contributed by atoms with Crippen LogP contribution in [0.5, 0.6) is 5.88 Å². The molecular weight excluding hydrogens is 238 g/mol. The summed E-state index contributed by atoms with van der Waals surface area (Å²) in [6, 6.07) is 0. The van der Waals surface area contributed by atoms with Gasteiger partial charge in [-0.25, -0.2) is 4.68 Å². The smallest absolute Gasteiger partial charge is 0.236 e. The lowest BCUT2D eigenvalue weighted by Crippen LogP contribution is -2.07. The van der Waals surface area contributed by atoms with Gasteiger partial charge >= 0.3 is 0 Å². The van der Waals surface area contributed by atoms with Gasteiger partial charge in [-0.3, -0.25) is 0 Å². The highest BCUT2D eigenvalue weighted by atomic mass is 16.5. The Balaban J connectivity index is 2.32. The molecule has 0 aliphatic carbocycles.